The van der Waals surface area contributed by atoms with Crippen LogP contribution >= 0.6 is 23.5 Å². The predicted octanol–water partition coefficient (Wildman–Crippen LogP) is 1.04. The second-order valence-electron chi connectivity index (χ2n) is 3.28. The third-order valence-electron chi connectivity index (χ3n) is 2.01. The quantitative estimate of drug-likeness (QED) is 0.757. The van der Waals surface area contributed by atoms with E-state index in [4.69, 9.17) is 5.11 Å². The van der Waals surface area contributed by atoms with E-state index in [-0.39, 0.29) is 34.7 Å². The van der Waals surface area contributed by atoms with Gasteiger partial charge in [-0.15, -0.1) is 11.8 Å². The van der Waals surface area contributed by atoms with E-state index < -0.39 is 5.97 Å². The van der Waals surface area contributed by atoms with Crippen LogP contribution in [0.3, 0.4) is 0 Å². The van der Waals surface area contributed by atoms with E-state index in [1.807, 2.05) is 0 Å². The van der Waals surface area contributed by atoms with Crippen molar-refractivity contribution in [2.75, 3.05) is 17.3 Å². The molecule has 1 saturated heterocycles. The topological polar surface area (TPSA) is 71.4 Å². The largest absolute Gasteiger partial charge is 0.481 e. The lowest BCUT2D eigenvalue weighted by Crippen LogP contribution is -2.14. The normalized spacial score (nSPS) is 20.5. The molecule has 1 aliphatic rings. The van der Waals surface area contributed by atoms with Crippen LogP contribution in [-0.4, -0.2) is 39.2 Å². The number of hydrogen-bond donors (Lipinski definition) is 1. The molecule has 1 aliphatic heterocycles. The van der Waals surface area contributed by atoms with Gasteiger partial charge >= 0.3 is 5.97 Å². The number of hydrogen-bond acceptors (Lipinski definition) is 5. The summed E-state index contributed by atoms with van der Waals surface area (Å²) in [5.41, 5.74) is 0. The minimum Gasteiger partial charge on any atom is -0.481 e. The van der Waals surface area contributed by atoms with Crippen molar-refractivity contribution in [3.8, 4) is 0 Å². The number of aliphatic carboxylic acids is 1. The molecule has 0 aliphatic carbocycles. The van der Waals surface area contributed by atoms with E-state index >= 15 is 0 Å². The van der Waals surface area contributed by atoms with Gasteiger partial charge in [-0.3, -0.25) is 14.4 Å². The first-order chi connectivity index (χ1) is 7.09. The van der Waals surface area contributed by atoms with E-state index in [2.05, 4.69) is 0 Å². The fourth-order valence-corrected chi connectivity index (χ4v) is 2.97. The Labute approximate surface area is 96.2 Å². The average molecular weight is 248 g/mol. The summed E-state index contributed by atoms with van der Waals surface area (Å²) in [4.78, 5) is 32.7. The predicted molar refractivity (Wildman–Crippen MR) is 60.2 cm³/mol. The maximum absolute atomic E-state index is 11.4. The van der Waals surface area contributed by atoms with E-state index in [1.54, 1.807) is 0 Å². The summed E-state index contributed by atoms with van der Waals surface area (Å²) in [5.74, 6) is -0.130. The fourth-order valence-electron chi connectivity index (χ4n) is 1.31. The summed E-state index contributed by atoms with van der Waals surface area (Å²) >= 11 is 2.37. The Kier molecular flexibility index (Phi) is 5.17. The summed E-state index contributed by atoms with van der Waals surface area (Å²) in [6, 6.07) is 0. The van der Waals surface area contributed by atoms with Gasteiger partial charge in [-0.2, -0.15) is 0 Å². The van der Waals surface area contributed by atoms with Gasteiger partial charge in [-0.1, -0.05) is 11.8 Å². The molecule has 1 N–H and O–H groups in total. The molecule has 15 heavy (non-hydrogen) atoms. The summed E-state index contributed by atoms with van der Waals surface area (Å²) in [7, 11) is 0. The van der Waals surface area contributed by atoms with Crippen LogP contribution in [0, 0.1) is 5.92 Å². The lowest BCUT2D eigenvalue weighted by atomic mass is 10.0. The van der Waals surface area contributed by atoms with Gasteiger partial charge in [0.2, 0.25) is 0 Å². The van der Waals surface area contributed by atoms with E-state index in [0.29, 0.717) is 0 Å². The van der Waals surface area contributed by atoms with Crippen molar-refractivity contribution >= 4 is 40.4 Å². The minimum absolute atomic E-state index is 0.0258. The zero-order valence-electron chi connectivity index (χ0n) is 8.10. The molecular weight excluding hydrogens is 236 g/mol. The molecule has 1 rings (SSSR count). The zero-order chi connectivity index (χ0) is 11.3. The van der Waals surface area contributed by atoms with Crippen molar-refractivity contribution < 1.29 is 19.5 Å². The van der Waals surface area contributed by atoms with E-state index in [0.717, 1.165) is 23.9 Å². The van der Waals surface area contributed by atoms with Crippen molar-refractivity contribution in [1.82, 2.24) is 0 Å². The molecule has 0 aromatic carbocycles. The molecule has 1 heterocycles. The SMILES string of the molecule is O=C(O)CSCC(=O)CC1CCSC1=O. The third kappa shape index (κ3) is 4.70. The van der Waals surface area contributed by atoms with Crippen LogP contribution in [0.25, 0.3) is 0 Å². The molecule has 0 radical (unpaired) electrons. The number of thioether (sulfide) groups is 2. The molecule has 1 fully saturated rings. The third-order valence-corrected chi connectivity index (χ3v) is 4.04. The zero-order valence-corrected chi connectivity index (χ0v) is 9.73. The average Bonchev–Trinajstić information content (AvgIpc) is 2.51. The first-order valence-electron chi connectivity index (χ1n) is 4.57. The highest BCUT2D eigenvalue weighted by molar-refractivity contribution is 8.14. The minimum atomic E-state index is -0.916. The smallest absolute Gasteiger partial charge is 0.313 e. The Morgan fingerprint density at radius 1 is 1.47 bits per heavy atom. The summed E-state index contributed by atoms with van der Waals surface area (Å²) in [5, 5.41) is 8.47. The standard InChI is InChI=1S/C9H12O4S2/c10-7(4-14-5-8(11)12)3-6-1-2-15-9(6)13/h6H,1-5H2,(H,11,12). The van der Waals surface area contributed by atoms with Gasteiger partial charge in [-0.05, 0) is 6.42 Å². The molecule has 4 nitrogen and oxygen atoms in total. The van der Waals surface area contributed by atoms with Crippen molar-refractivity contribution in [2.45, 2.75) is 12.8 Å². The van der Waals surface area contributed by atoms with Gasteiger partial charge in [0.1, 0.15) is 5.78 Å². The highest BCUT2D eigenvalue weighted by Gasteiger charge is 2.27. The Hall–Kier alpha value is -0.490. The van der Waals surface area contributed by atoms with Gasteiger partial charge in [0.15, 0.2) is 5.12 Å². The fraction of sp³-hybridized carbons (Fsp3) is 0.667. The maximum Gasteiger partial charge on any atom is 0.313 e. The second-order valence-corrected chi connectivity index (χ2v) is 5.37. The molecule has 0 saturated carbocycles. The first-order valence-corrected chi connectivity index (χ1v) is 6.71. The van der Waals surface area contributed by atoms with Crippen LogP contribution in [0.4, 0.5) is 0 Å². The van der Waals surface area contributed by atoms with Crippen LogP contribution in [0.1, 0.15) is 12.8 Å². The number of carboxylic acid groups (broad SMARTS) is 1. The number of carboxylic acids is 1. The summed E-state index contributed by atoms with van der Waals surface area (Å²) in [6.07, 6.45) is 1.05. The van der Waals surface area contributed by atoms with Crippen LogP contribution in [0.5, 0.6) is 0 Å². The first kappa shape index (κ1) is 12.6. The Morgan fingerprint density at radius 3 is 2.73 bits per heavy atom. The summed E-state index contributed by atoms with van der Waals surface area (Å²) < 4.78 is 0. The lowest BCUT2D eigenvalue weighted by Gasteiger charge is -2.04. The highest BCUT2D eigenvalue weighted by atomic mass is 32.2. The van der Waals surface area contributed by atoms with Crippen LogP contribution in [-0.2, 0) is 14.4 Å². The Bertz CT molecular complexity index is 277. The molecule has 0 spiro atoms. The van der Waals surface area contributed by atoms with Gasteiger partial charge < -0.3 is 5.11 Å². The monoisotopic (exact) mass is 248 g/mol. The number of carbonyl (C=O) groups is 3. The Morgan fingerprint density at radius 2 is 2.20 bits per heavy atom. The molecule has 6 heteroatoms. The molecule has 1 unspecified atom stereocenters. The van der Waals surface area contributed by atoms with E-state index in [9.17, 15) is 14.4 Å². The lowest BCUT2D eigenvalue weighted by molar-refractivity contribution is -0.133. The molecule has 0 aromatic rings. The summed E-state index contributed by atoms with van der Waals surface area (Å²) in [6.45, 7) is 0. The molecule has 1 atom stereocenters. The second kappa shape index (κ2) is 6.17. The van der Waals surface area contributed by atoms with Crippen molar-refractivity contribution in [3.63, 3.8) is 0 Å². The van der Waals surface area contributed by atoms with Crippen LogP contribution in [0.15, 0.2) is 0 Å². The van der Waals surface area contributed by atoms with Crippen molar-refractivity contribution in [3.05, 3.63) is 0 Å². The van der Waals surface area contributed by atoms with Crippen LogP contribution < -0.4 is 0 Å². The molecule has 0 amide bonds. The molecular formula is C9H12O4S2. The number of ketones is 1. The van der Waals surface area contributed by atoms with Crippen LogP contribution in [0.2, 0.25) is 0 Å². The molecule has 84 valence electrons. The van der Waals surface area contributed by atoms with Gasteiger partial charge in [0.25, 0.3) is 0 Å². The van der Waals surface area contributed by atoms with Gasteiger partial charge in [-0.25, -0.2) is 0 Å². The number of Topliss-reactive ketones (excluding diaryl/α,β-unsaturated/α-hetero) is 1. The molecule has 0 bridgehead atoms. The highest BCUT2D eigenvalue weighted by Crippen LogP contribution is 2.28. The van der Waals surface area contributed by atoms with Gasteiger partial charge in [0.05, 0.1) is 11.5 Å². The number of carbonyl (C=O) groups excluding carboxylic acids is 2. The maximum atomic E-state index is 11.4. The van der Waals surface area contributed by atoms with Crippen molar-refractivity contribution in [1.29, 1.82) is 0 Å². The van der Waals surface area contributed by atoms with Crippen molar-refractivity contribution in [2.24, 2.45) is 5.92 Å². The Balaban J connectivity index is 2.18. The van der Waals surface area contributed by atoms with E-state index in [1.165, 1.54) is 11.8 Å². The van der Waals surface area contributed by atoms with Gasteiger partial charge in [0, 0.05) is 18.1 Å². The molecule has 0 aromatic heterocycles. The number of rotatable bonds is 6.